The first kappa shape index (κ1) is 23.7. The Bertz CT molecular complexity index is 986. The third-order valence-electron chi connectivity index (χ3n) is 4.73. The number of alkyl halides is 3. The third-order valence-corrected chi connectivity index (χ3v) is 5.68. The van der Waals surface area contributed by atoms with Crippen molar-refractivity contribution >= 4 is 22.5 Å². The second-order valence-corrected chi connectivity index (χ2v) is 8.08. The van der Waals surface area contributed by atoms with Crippen LogP contribution in [0.3, 0.4) is 0 Å². The van der Waals surface area contributed by atoms with Crippen LogP contribution < -0.4 is 4.74 Å². The monoisotopic (exact) mass is 467 g/mol. The van der Waals surface area contributed by atoms with Crippen LogP contribution in [0.2, 0.25) is 0 Å². The van der Waals surface area contributed by atoms with Crippen molar-refractivity contribution in [3.8, 4) is 5.75 Å². The van der Waals surface area contributed by atoms with E-state index in [-0.39, 0.29) is 11.5 Å². The van der Waals surface area contributed by atoms with Gasteiger partial charge in [0.1, 0.15) is 11.4 Å². The molecule has 0 unspecified atom stereocenters. The first-order valence-corrected chi connectivity index (χ1v) is 10.8. The van der Waals surface area contributed by atoms with Gasteiger partial charge in [0.05, 0.1) is 29.1 Å². The summed E-state index contributed by atoms with van der Waals surface area (Å²) in [6.07, 6.45) is 4.62. The van der Waals surface area contributed by atoms with Crippen LogP contribution in [-0.2, 0) is 22.3 Å². The van der Waals surface area contributed by atoms with Gasteiger partial charge in [-0.1, -0.05) is 13.3 Å². The van der Waals surface area contributed by atoms with Crippen molar-refractivity contribution < 1.29 is 27.6 Å². The van der Waals surface area contributed by atoms with E-state index in [1.807, 2.05) is 6.08 Å². The van der Waals surface area contributed by atoms with Gasteiger partial charge < -0.3 is 9.47 Å². The van der Waals surface area contributed by atoms with E-state index in [1.54, 1.807) is 29.9 Å². The van der Waals surface area contributed by atoms with Crippen LogP contribution in [0.25, 0.3) is 0 Å². The van der Waals surface area contributed by atoms with Gasteiger partial charge in [0.25, 0.3) is 0 Å². The maximum atomic E-state index is 12.9. The van der Waals surface area contributed by atoms with Gasteiger partial charge in [-0.25, -0.2) is 17.4 Å². The summed E-state index contributed by atoms with van der Waals surface area (Å²) in [5, 5.41) is 12.5. The zero-order valence-electron chi connectivity index (χ0n) is 17.5. The number of nitro groups is 1. The van der Waals surface area contributed by atoms with Crippen LogP contribution in [0, 0.1) is 21.8 Å². The molecule has 2 aliphatic rings. The van der Waals surface area contributed by atoms with Gasteiger partial charge in [-0.3, -0.25) is 15.7 Å². The van der Waals surface area contributed by atoms with Crippen LogP contribution in [0.1, 0.15) is 25.3 Å². The van der Waals surface area contributed by atoms with Crippen LogP contribution in [0.15, 0.2) is 53.5 Å². The van der Waals surface area contributed by atoms with Gasteiger partial charge in [0, 0.05) is 24.4 Å². The minimum Gasteiger partial charge on any atom is -0.514 e. The molecule has 3 rings (SSSR count). The average Bonchev–Trinajstić information content (AvgIpc) is 3.19. The topological polar surface area (TPSA) is 64.8 Å². The zero-order chi connectivity index (χ0) is 23.3. The molecule has 1 aliphatic heterocycles. The highest BCUT2D eigenvalue weighted by Gasteiger charge is 2.33. The van der Waals surface area contributed by atoms with Crippen molar-refractivity contribution in [2.24, 2.45) is 0 Å². The summed E-state index contributed by atoms with van der Waals surface area (Å²) in [5.74, 6) is 0.163. The summed E-state index contributed by atoms with van der Waals surface area (Å²) < 4.78 is 49.6. The molecule has 0 N–H and O–H groups in total. The van der Waals surface area contributed by atoms with E-state index in [9.17, 15) is 23.3 Å². The van der Waals surface area contributed by atoms with Crippen molar-refractivity contribution in [3.63, 3.8) is 0 Å². The summed E-state index contributed by atoms with van der Waals surface area (Å²) in [5.41, 5.74) is 1.05. The van der Waals surface area contributed by atoms with E-state index in [0.717, 1.165) is 48.9 Å². The Balaban J connectivity index is 1.75. The number of ether oxygens (including phenoxy) is 2. The molecular formula is C22H22F3N2O4S-. The Morgan fingerprint density at radius 1 is 1.38 bits per heavy atom. The number of nitrogens with zero attached hydrogens (tertiary/aromatic N) is 2. The second kappa shape index (κ2) is 10.1. The molecule has 32 heavy (non-hydrogen) atoms. The van der Waals surface area contributed by atoms with Gasteiger partial charge in [-0.15, -0.1) is 6.08 Å². The van der Waals surface area contributed by atoms with Gasteiger partial charge >= 0.3 is 11.9 Å². The van der Waals surface area contributed by atoms with E-state index in [0.29, 0.717) is 11.8 Å². The van der Waals surface area contributed by atoms with Crippen molar-refractivity contribution in [1.82, 2.24) is 4.90 Å². The fourth-order valence-electron chi connectivity index (χ4n) is 3.07. The van der Waals surface area contributed by atoms with Crippen LogP contribution >= 0.6 is 0 Å². The van der Waals surface area contributed by atoms with E-state index in [2.05, 4.69) is 17.3 Å². The highest BCUT2D eigenvalue weighted by Crippen LogP contribution is 2.38. The minimum atomic E-state index is -4.70. The Morgan fingerprint density at radius 2 is 2.16 bits per heavy atom. The molecule has 172 valence electrons. The van der Waals surface area contributed by atoms with Crippen LogP contribution in [-0.4, -0.2) is 35.5 Å². The molecule has 1 aliphatic carbocycles. The molecule has 1 aromatic carbocycles. The van der Waals surface area contributed by atoms with E-state index in [1.165, 1.54) is 7.11 Å². The van der Waals surface area contributed by atoms with Crippen LogP contribution in [0.5, 0.6) is 5.75 Å². The molecule has 0 saturated heterocycles. The molecule has 1 aromatic rings. The number of halogens is 3. The quantitative estimate of drug-likeness (QED) is 0.176. The second-order valence-electron chi connectivity index (χ2n) is 7.11. The highest BCUT2D eigenvalue weighted by atomic mass is 32.1. The predicted molar refractivity (Wildman–Crippen MR) is 117 cm³/mol. The number of benzene rings is 1. The number of methoxy groups -OCH3 is 1. The summed E-state index contributed by atoms with van der Waals surface area (Å²) in [4.78, 5) is 12.6. The summed E-state index contributed by atoms with van der Waals surface area (Å²) in [6, 6.07) is 2.14. The van der Waals surface area contributed by atoms with Gasteiger partial charge in [0.15, 0.2) is 5.75 Å². The normalized spacial score (nSPS) is 17.8. The lowest BCUT2D eigenvalue weighted by molar-refractivity contribution is -0.385. The minimum absolute atomic E-state index is 0.160. The Labute approximate surface area is 188 Å². The maximum absolute atomic E-state index is 12.9. The fraction of sp³-hybridized carbons (Fsp3) is 0.318. The lowest BCUT2D eigenvalue weighted by Gasteiger charge is -2.28. The van der Waals surface area contributed by atoms with E-state index in [4.69, 9.17) is 9.47 Å². The fourth-order valence-corrected chi connectivity index (χ4v) is 3.98. The predicted octanol–water partition coefficient (Wildman–Crippen LogP) is 5.04. The third kappa shape index (κ3) is 5.83. The number of unbranched alkanes of at least 4 members (excludes halogenated alkanes) is 1. The summed E-state index contributed by atoms with van der Waals surface area (Å²) in [6.45, 7) is 3.97. The molecule has 10 heteroatoms. The maximum Gasteiger partial charge on any atom is 0.416 e. The molecular weight excluding hydrogens is 445 g/mol. The molecule has 0 fully saturated rings. The molecule has 0 spiro atoms. The number of rotatable bonds is 8. The van der Waals surface area contributed by atoms with Crippen molar-refractivity contribution in [3.05, 3.63) is 80.9 Å². The van der Waals surface area contributed by atoms with Crippen LogP contribution in [0.4, 0.5) is 18.9 Å². The molecule has 0 amide bonds. The number of hydrogen-bond acceptors (Lipinski definition) is 5. The number of hydrogen-bond donors (Lipinski definition) is 0. The largest absolute Gasteiger partial charge is 0.514 e. The number of allylic oxidation sites excluding steroid dienone is 3. The molecule has 0 radical (unpaired) electrons. The van der Waals surface area contributed by atoms with Gasteiger partial charge in [0.2, 0.25) is 5.49 Å². The summed E-state index contributed by atoms with van der Waals surface area (Å²) >= 11 is 1.65. The SMILES string of the molecule is CCCCN1C=[S+][C-](C=C2C=C(OC)C(Oc3ccc(C(F)(F)F)cc3[N+](=O)[O-])=C[CH-]2)C1. The van der Waals surface area contributed by atoms with E-state index < -0.39 is 22.4 Å². The highest BCUT2D eigenvalue weighted by molar-refractivity contribution is 7.80. The average molecular weight is 467 g/mol. The molecule has 0 bridgehead atoms. The lowest BCUT2D eigenvalue weighted by Crippen LogP contribution is -2.21. The molecule has 0 aromatic heterocycles. The first-order valence-electron chi connectivity index (χ1n) is 9.87. The van der Waals surface area contributed by atoms with Gasteiger partial charge in [-0.2, -0.15) is 19.2 Å². The standard InChI is InChI=1S/C22H22F3N2O4S/c1-3-4-9-26-13-17(32-14-26)10-15-5-7-20(21(11-15)30-2)31-19-8-6-16(22(23,24)25)12-18(19)27(28)29/h5-8,10-12,14H,3-4,9,13H2,1-2H3/q-1. The van der Waals surface area contributed by atoms with Crippen molar-refractivity contribution in [1.29, 1.82) is 0 Å². The van der Waals surface area contributed by atoms with E-state index >= 15 is 0 Å². The molecule has 0 atom stereocenters. The first-order chi connectivity index (χ1) is 15.2. The van der Waals surface area contributed by atoms with Gasteiger partial charge in [-0.05, 0) is 18.6 Å². The van der Waals surface area contributed by atoms with Crippen molar-refractivity contribution in [2.45, 2.75) is 25.9 Å². The molecule has 6 nitrogen and oxygen atoms in total. The Hall–Kier alpha value is -2.98. The number of nitro benzene ring substituents is 1. The van der Waals surface area contributed by atoms with Crippen molar-refractivity contribution in [2.75, 3.05) is 20.2 Å². The Kier molecular flexibility index (Phi) is 7.47. The smallest absolute Gasteiger partial charge is 0.416 e. The molecule has 0 saturated carbocycles. The lowest BCUT2D eigenvalue weighted by atomic mass is 10.0. The molecule has 1 heterocycles. The Morgan fingerprint density at radius 3 is 2.81 bits per heavy atom. The zero-order valence-corrected chi connectivity index (χ0v) is 18.3. The summed E-state index contributed by atoms with van der Waals surface area (Å²) in [7, 11) is 1.42.